The zero-order valence-electron chi connectivity index (χ0n) is 16.2. The van der Waals surface area contributed by atoms with Gasteiger partial charge in [-0.05, 0) is 48.6 Å². The number of nitrogens with zero attached hydrogens (tertiary/aromatic N) is 2. The molecule has 2 unspecified atom stereocenters. The van der Waals surface area contributed by atoms with Crippen molar-refractivity contribution in [3.8, 4) is 0 Å². The van der Waals surface area contributed by atoms with E-state index in [0.717, 1.165) is 17.6 Å². The zero-order valence-corrected chi connectivity index (χ0v) is 16.2. The molecule has 2 atom stereocenters. The molecule has 0 radical (unpaired) electrons. The van der Waals surface area contributed by atoms with Gasteiger partial charge in [0.15, 0.2) is 0 Å². The standard InChI is InChI=1S/C25H21FN2O/c1-16-6-7-19-12-17(10-11-21(16)19)18-8-9-20(23(26)13-18)14-28-15-27-24-5-3-2-4-22(24)25(28)29/h2-6,8-13,15,19,21H,7,14H2,1H3. The number of hydrogen-bond acceptors (Lipinski definition) is 2. The van der Waals surface area contributed by atoms with Crippen LogP contribution in [-0.4, -0.2) is 9.55 Å². The van der Waals surface area contributed by atoms with Crippen LogP contribution in [0.2, 0.25) is 0 Å². The second-order valence-electron chi connectivity index (χ2n) is 7.86. The molecule has 0 amide bonds. The molecular weight excluding hydrogens is 363 g/mol. The van der Waals surface area contributed by atoms with E-state index in [1.807, 2.05) is 18.2 Å². The lowest BCUT2D eigenvalue weighted by molar-refractivity contribution is 0.579. The van der Waals surface area contributed by atoms with E-state index in [1.54, 1.807) is 24.3 Å². The molecule has 0 bridgehead atoms. The van der Waals surface area contributed by atoms with E-state index in [9.17, 15) is 9.18 Å². The number of allylic oxidation sites excluding steroid dienone is 6. The van der Waals surface area contributed by atoms with Crippen molar-refractivity contribution >= 4 is 16.5 Å². The zero-order chi connectivity index (χ0) is 20.0. The average molecular weight is 384 g/mol. The van der Waals surface area contributed by atoms with Crippen molar-refractivity contribution in [3.05, 3.63) is 106 Å². The van der Waals surface area contributed by atoms with E-state index in [2.05, 4.69) is 36.2 Å². The van der Waals surface area contributed by atoms with Crippen LogP contribution < -0.4 is 5.56 Å². The Bertz CT molecular complexity index is 1270. The Morgan fingerprint density at radius 2 is 2.07 bits per heavy atom. The lowest BCUT2D eigenvalue weighted by Crippen LogP contribution is -2.21. The predicted molar refractivity (Wildman–Crippen MR) is 114 cm³/mol. The fraction of sp³-hybridized carbons (Fsp3) is 0.200. The molecule has 1 heterocycles. The van der Waals surface area contributed by atoms with Gasteiger partial charge < -0.3 is 0 Å². The van der Waals surface area contributed by atoms with Crippen molar-refractivity contribution in [2.75, 3.05) is 0 Å². The summed E-state index contributed by atoms with van der Waals surface area (Å²) in [4.78, 5) is 17.0. The highest BCUT2D eigenvalue weighted by molar-refractivity contribution is 5.77. The monoisotopic (exact) mass is 384 g/mol. The largest absolute Gasteiger partial charge is 0.294 e. The minimum Gasteiger partial charge on any atom is -0.294 e. The molecule has 4 heteroatoms. The summed E-state index contributed by atoms with van der Waals surface area (Å²) in [7, 11) is 0. The van der Waals surface area contributed by atoms with Gasteiger partial charge in [0.2, 0.25) is 0 Å². The summed E-state index contributed by atoms with van der Waals surface area (Å²) >= 11 is 0. The quantitative estimate of drug-likeness (QED) is 0.588. The van der Waals surface area contributed by atoms with Gasteiger partial charge in [0.05, 0.1) is 23.8 Å². The van der Waals surface area contributed by atoms with Crippen LogP contribution in [-0.2, 0) is 6.54 Å². The highest BCUT2D eigenvalue weighted by atomic mass is 19.1. The van der Waals surface area contributed by atoms with Crippen LogP contribution >= 0.6 is 0 Å². The first kappa shape index (κ1) is 17.8. The minimum atomic E-state index is -0.306. The highest BCUT2D eigenvalue weighted by Crippen LogP contribution is 2.39. The van der Waals surface area contributed by atoms with E-state index < -0.39 is 0 Å². The van der Waals surface area contributed by atoms with Crippen molar-refractivity contribution in [2.24, 2.45) is 11.8 Å². The third-order valence-corrected chi connectivity index (χ3v) is 6.03. The van der Waals surface area contributed by atoms with Crippen LogP contribution in [0.15, 0.2) is 83.5 Å². The Morgan fingerprint density at radius 3 is 2.93 bits per heavy atom. The van der Waals surface area contributed by atoms with Crippen molar-refractivity contribution in [1.29, 1.82) is 0 Å². The van der Waals surface area contributed by atoms with Crippen molar-refractivity contribution in [2.45, 2.75) is 19.9 Å². The molecule has 0 saturated heterocycles. The van der Waals surface area contributed by atoms with Gasteiger partial charge in [-0.1, -0.05) is 54.1 Å². The molecule has 29 heavy (non-hydrogen) atoms. The van der Waals surface area contributed by atoms with E-state index in [0.29, 0.717) is 28.3 Å². The van der Waals surface area contributed by atoms with E-state index in [4.69, 9.17) is 0 Å². The summed E-state index contributed by atoms with van der Waals surface area (Å²) in [5.74, 6) is 0.648. The van der Waals surface area contributed by atoms with Crippen LogP contribution in [0.25, 0.3) is 16.5 Å². The number of hydrogen-bond donors (Lipinski definition) is 0. The molecule has 5 rings (SSSR count). The van der Waals surface area contributed by atoms with Crippen LogP contribution in [0.4, 0.5) is 4.39 Å². The molecule has 3 nitrogen and oxygen atoms in total. The Labute approximate surface area is 168 Å². The molecular formula is C25H21FN2O. The number of para-hydroxylation sites is 1. The van der Waals surface area contributed by atoms with Gasteiger partial charge >= 0.3 is 0 Å². The minimum absolute atomic E-state index is 0.158. The maximum atomic E-state index is 14.9. The van der Waals surface area contributed by atoms with Crippen LogP contribution in [0, 0.1) is 17.7 Å². The summed E-state index contributed by atoms with van der Waals surface area (Å²) in [6.45, 7) is 2.33. The first-order chi connectivity index (χ1) is 14.1. The van der Waals surface area contributed by atoms with E-state index in [-0.39, 0.29) is 17.9 Å². The molecule has 0 aliphatic heterocycles. The molecule has 0 saturated carbocycles. The summed E-state index contributed by atoms with van der Waals surface area (Å²) < 4.78 is 16.3. The summed E-state index contributed by atoms with van der Waals surface area (Å²) in [5.41, 5.74) is 4.31. The lowest BCUT2D eigenvalue weighted by atomic mass is 9.83. The molecule has 2 aliphatic rings. The average Bonchev–Trinajstić information content (AvgIpc) is 3.12. The van der Waals surface area contributed by atoms with Crippen LogP contribution in [0.3, 0.4) is 0 Å². The molecule has 0 spiro atoms. The lowest BCUT2D eigenvalue weighted by Gasteiger charge is -2.21. The number of aromatic nitrogens is 2. The molecule has 3 aromatic rings. The van der Waals surface area contributed by atoms with Crippen molar-refractivity contribution in [1.82, 2.24) is 9.55 Å². The van der Waals surface area contributed by atoms with E-state index in [1.165, 1.54) is 16.5 Å². The van der Waals surface area contributed by atoms with E-state index >= 15 is 0 Å². The summed E-state index contributed by atoms with van der Waals surface area (Å²) in [6.07, 6.45) is 11.4. The van der Waals surface area contributed by atoms with Gasteiger partial charge in [-0.25, -0.2) is 9.37 Å². The molecule has 1 aromatic heterocycles. The molecule has 0 N–H and O–H groups in total. The topological polar surface area (TPSA) is 34.9 Å². The van der Waals surface area contributed by atoms with Gasteiger partial charge in [0.25, 0.3) is 5.56 Å². The van der Waals surface area contributed by atoms with Crippen molar-refractivity contribution < 1.29 is 4.39 Å². The smallest absolute Gasteiger partial charge is 0.261 e. The fourth-order valence-corrected chi connectivity index (χ4v) is 4.35. The predicted octanol–water partition coefficient (Wildman–Crippen LogP) is 5.12. The van der Waals surface area contributed by atoms with Crippen LogP contribution in [0.1, 0.15) is 24.5 Å². The molecule has 2 aliphatic carbocycles. The number of fused-ring (bicyclic) bond motifs is 2. The first-order valence-corrected chi connectivity index (χ1v) is 9.90. The second-order valence-corrected chi connectivity index (χ2v) is 7.86. The Balaban J connectivity index is 1.43. The van der Waals surface area contributed by atoms with Gasteiger partial charge in [-0.2, -0.15) is 0 Å². The second kappa shape index (κ2) is 6.96. The number of benzene rings is 2. The van der Waals surface area contributed by atoms with Gasteiger partial charge in [-0.3, -0.25) is 9.36 Å². The normalized spacial score (nSPS) is 20.5. The maximum absolute atomic E-state index is 14.9. The van der Waals surface area contributed by atoms with Gasteiger partial charge in [0, 0.05) is 11.5 Å². The first-order valence-electron chi connectivity index (χ1n) is 9.90. The van der Waals surface area contributed by atoms with Gasteiger partial charge in [0.1, 0.15) is 5.82 Å². The Kier molecular flexibility index (Phi) is 4.27. The number of halogens is 1. The Hall–Kier alpha value is -3.27. The molecule has 2 aromatic carbocycles. The van der Waals surface area contributed by atoms with Gasteiger partial charge in [-0.15, -0.1) is 0 Å². The highest BCUT2D eigenvalue weighted by Gasteiger charge is 2.26. The SMILES string of the molecule is CC1=CCC2C=C(c3ccc(Cn4cnc5ccccc5c4=O)c(F)c3)C=CC12. The Morgan fingerprint density at radius 1 is 1.21 bits per heavy atom. The van der Waals surface area contributed by atoms with Crippen molar-refractivity contribution in [3.63, 3.8) is 0 Å². The third-order valence-electron chi connectivity index (χ3n) is 6.03. The fourth-order valence-electron chi connectivity index (χ4n) is 4.35. The maximum Gasteiger partial charge on any atom is 0.261 e. The van der Waals surface area contributed by atoms with Crippen LogP contribution in [0.5, 0.6) is 0 Å². The molecule has 144 valence electrons. The third kappa shape index (κ3) is 3.15. The summed E-state index contributed by atoms with van der Waals surface area (Å²) in [6, 6.07) is 12.5. The number of rotatable bonds is 3. The molecule has 0 fully saturated rings. The summed E-state index contributed by atoms with van der Waals surface area (Å²) in [5, 5.41) is 0.541.